The van der Waals surface area contributed by atoms with Crippen LogP contribution in [0.3, 0.4) is 0 Å². The monoisotopic (exact) mass is 284 g/mol. The Morgan fingerprint density at radius 3 is 2.45 bits per heavy atom. The molecular weight excluding hydrogens is 269 g/mol. The van der Waals surface area contributed by atoms with Gasteiger partial charge in [0.15, 0.2) is 0 Å². The zero-order chi connectivity index (χ0) is 14.8. The van der Waals surface area contributed by atoms with E-state index in [1.54, 1.807) is 0 Å². The largest absolute Gasteiger partial charge is 0.416 e. The molecule has 1 saturated heterocycles. The quantitative estimate of drug-likeness (QED) is 0.908. The van der Waals surface area contributed by atoms with Gasteiger partial charge in [-0.25, -0.2) is 0 Å². The van der Waals surface area contributed by atoms with Gasteiger partial charge in [0.2, 0.25) is 0 Å². The Morgan fingerprint density at radius 1 is 1.30 bits per heavy atom. The van der Waals surface area contributed by atoms with Crippen molar-refractivity contribution in [3.05, 3.63) is 29.3 Å². The van der Waals surface area contributed by atoms with Crippen LogP contribution >= 0.6 is 0 Å². The molecule has 1 aliphatic rings. The van der Waals surface area contributed by atoms with Crippen LogP contribution in [0.15, 0.2) is 18.2 Å². The molecule has 1 fully saturated rings. The molecule has 1 aromatic carbocycles. The summed E-state index contributed by atoms with van der Waals surface area (Å²) in [6.07, 6.45) is -2.88. The van der Waals surface area contributed by atoms with Crippen molar-refractivity contribution in [1.29, 1.82) is 5.26 Å². The number of halogens is 3. The second-order valence-electron chi connectivity index (χ2n) is 4.95. The molecule has 1 aliphatic heterocycles. The number of rotatable bonds is 2. The highest BCUT2D eigenvalue weighted by molar-refractivity contribution is 5.61. The highest BCUT2D eigenvalue weighted by Crippen LogP contribution is 2.33. The summed E-state index contributed by atoms with van der Waals surface area (Å²) < 4.78 is 37.9. The molecule has 0 atom stereocenters. The van der Waals surface area contributed by atoms with Gasteiger partial charge in [-0.05, 0) is 37.0 Å². The fraction of sp³-hybridized carbons (Fsp3) is 0.500. The summed E-state index contributed by atoms with van der Waals surface area (Å²) >= 11 is 0. The topological polar surface area (TPSA) is 47.3 Å². The number of hydrogen-bond acceptors (Lipinski definition) is 3. The molecule has 1 N–H and O–H groups in total. The van der Waals surface area contributed by atoms with E-state index in [0.29, 0.717) is 18.8 Å². The average molecular weight is 284 g/mol. The Hall–Kier alpha value is -1.74. The first kappa shape index (κ1) is 14.7. The minimum absolute atomic E-state index is 0.0438. The molecule has 0 amide bonds. The third-order valence-electron chi connectivity index (χ3n) is 3.66. The summed E-state index contributed by atoms with van der Waals surface area (Å²) in [5.74, 6) is 0.242. The van der Waals surface area contributed by atoms with Crippen molar-refractivity contribution in [1.82, 2.24) is 0 Å². The van der Waals surface area contributed by atoms with E-state index < -0.39 is 11.7 Å². The molecule has 3 nitrogen and oxygen atoms in total. The summed E-state index contributed by atoms with van der Waals surface area (Å²) in [7, 11) is 0. The third kappa shape index (κ3) is 3.05. The van der Waals surface area contributed by atoms with Crippen molar-refractivity contribution >= 4 is 5.69 Å². The second kappa shape index (κ2) is 5.71. The predicted octanol–water partition coefficient (Wildman–Crippen LogP) is 2.79. The smallest absolute Gasteiger partial charge is 0.396 e. The van der Waals surface area contributed by atoms with E-state index in [2.05, 4.69) is 0 Å². The van der Waals surface area contributed by atoms with Crippen LogP contribution in [-0.2, 0) is 6.18 Å². The summed E-state index contributed by atoms with van der Waals surface area (Å²) in [6, 6.07) is 5.11. The number of aliphatic hydroxyl groups excluding tert-OH is 1. The molecule has 20 heavy (non-hydrogen) atoms. The zero-order valence-corrected chi connectivity index (χ0v) is 10.8. The minimum atomic E-state index is -4.44. The third-order valence-corrected chi connectivity index (χ3v) is 3.66. The predicted molar refractivity (Wildman–Crippen MR) is 68.2 cm³/mol. The minimum Gasteiger partial charge on any atom is -0.396 e. The van der Waals surface area contributed by atoms with E-state index in [1.165, 1.54) is 6.07 Å². The molecule has 0 unspecified atom stereocenters. The Labute approximate surface area is 115 Å². The van der Waals surface area contributed by atoms with Gasteiger partial charge >= 0.3 is 6.18 Å². The van der Waals surface area contributed by atoms with Crippen LogP contribution in [0.4, 0.5) is 18.9 Å². The van der Waals surface area contributed by atoms with Gasteiger partial charge in [-0.1, -0.05) is 0 Å². The molecule has 2 rings (SSSR count). The highest BCUT2D eigenvalue weighted by atomic mass is 19.4. The molecule has 6 heteroatoms. The van der Waals surface area contributed by atoms with E-state index in [1.807, 2.05) is 11.0 Å². The Balaban J connectivity index is 2.23. The molecule has 0 saturated carbocycles. The number of aliphatic hydroxyl groups is 1. The zero-order valence-electron chi connectivity index (χ0n) is 10.8. The van der Waals surface area contributed by atoms with E-state index in [4.69, 9.17) is 10.4 Å². The van der Waals surface area contributed by atoms with Gasteiger partial charge < -0.3 is 10.0 Å². The van der Waals surface area contributed by atoms with Gasteiger partial charge in [0, 0.05) is 19.7 Å². The first-order valence-electron chi connectivity index (χ1n) is 6.43. The van der Waals surface area contributed by atoms with Crippen molar-refractivity contribution in [3.63, 3.8) is 0 Å². The SMILES string of the molecule is N#Cc1cc(C(F)(F)F)ccc1N1CCC(CO)CC1. The summed E-state index contributed by atoms with van der Waals surface area (Å²) in [5.41, 5.74) is -0.220. The number of benzene rings is 1. The summed E-state index contributed by atoms with van der Waals surface area (Å²) in [6.45, 7) is 1.42. The standard InChI is InChI=1S/C14H15F3N2O/c15-14(16,17)12-1-2-13(11(7-12)8-18)19-5-3-10(9-20)4-6-19/h1-2,7,10,20H,3-6,9H2. The van der Waals surface area contributed by atoms with Crippen molar-refractivity contribution in [3.8, 4) is 6.07 Å². The Bertz CT molecular complexity index is 514. The molecule has 0 radical (unpaired) electrons. The van der Waals surface area contributed by atoms with Crippen LogP contribution in [0, 0.1) is 17.2 Å². The number of nitrogens with zero attached hydrogens (tertiary/aromatic N) is 2. The maximum absolute atomic E-state index is 12.6. The first-order chi connectivity index (χ1) is 9.45. The maximum Gasteiger partial charge on any atom is 0.416 e. The number of nitriles is 1. The summed E-state index contributed by atoms with van der Waals surface area (Å²) in [5, 5.41) is 18.1. The molecule has 1 heterocycles. The van der Waals surface area contributed by atoms with Crippen LogP contribution in [0.25, 0.3) is 0 Å². The summed E-state index contributed by atoms with van der Waals surface area (Å²) in [4.78, 5) is 1.91. The average Bonchev–Trinajstić information content (AvgIpc) is 2.45. The van der Waals surface area contributed by atoms with Crippen LogP contribution < -0.4 is 4.90 Å². The van der Waals surface area contributed by atoms with Crippen molar-refractivity contribution < 1.29 is 18.3 Å². The lowest BCUT2D eigenvalue weighted by Crippen LogP contribution is -2.35. The number of hydrogen-bond donors (Lipinski definition) is 1. The lowest BCUT2D eigenvalue weighted by molar-refractivity contribution is -0.137. The molecule has 0 spiro atoms. The first-order valence-corrected chi connectivity index (χ1v) is 6.43. The Morgan fingerprint density at radius 2 is 1.95 bits per heavy atom. The number of alkyl halides is 3. The second-order valence-corrected chi connectivity index (χ2v) is 4.95. The highest BCUT2D eigenvalue weighted by Gasteiger charge is 2.31. The van der Waals surface area contributed by atoms with E-state index >= 15 is 0 Å². The van der Waals surface area contributed by atoms with Crippen LogP contribution in [-0.4, -0.2) is 24.8 Å². The maximum atomic E-state index is 12.6. The molecule has 0 aromatic heterocycles. The van der Waals surface area contributed by atoms with E-state index in [0.717, 1.165) is 25.0 Å². The van der Waals surface area contributed by atoms with E-state index in [9.17, 15) is 13.2 Å². The van der Waals surface area contributed by atoms with Crippen LogP contribution in [0.2, 0.25) is 0 Å². The van der Waals surface area contributed by atoms with Crippen LogP contribution in [0.5, 0.6) is 0 Å². The van der Waals surface area contributed by atoms with E-state index in [-0.39, 0.29) is 18.1 Å². The van der Waals surface area contributed by atoms with Gasteiger partial charge in [0.25, 0.3) is 0 Å². The lowest BCUT2D eigenvalue weighted by atomic mass is 9.96. The molecule has 0 bridgehead atoms. The van der Waals surface area contributed by atoms with Crippen molar-refractivity contribution in [2.45, 2.75) is 19.0 Å². The number of anilines is 1. The Kier molecular flexibility index (Phi) is 4.19. The van der Waals surface area contributed by atoms with Crippen LogP contribution in [0.1, 0.15) is 24.0 Å². The van der Waals surface area contributed by atoms with Gasteiger partial charge in [-0.2, -0.15) is 18.4 Å². The molecule has 108 valence electrons. The molecular formula is C14H15F3N2O. The normalized spacial score (nSPS) is 17.1. The van der Waals surface area contributed by atoms with Gasteiger partial charge in [-0.15, -0.1) is 0 Å². The molecule has 0 aliphatic carbocycles. The fourth-order valence-corrected chi connectivity index (χ4v) is 2.43. The fourth-order valence-electron chi connectivity index (χ4n) is 2.43. The lowest BCUT2D eigenvalue weighted by Gasteiger charge is -2.33. The van der Waals surface area contributed by atoms with Gasteiger partial charge in [-0.3, -0.25) is 0 Å². The van der Waals surface area contributed by atoms with Crippen molar-refractivity contribution in [2.24, 2.45) is 5.92 Å². The van der Waals surface area contributed by atoms with Gasteiger partial charge in [0.1, 0.15) is 6.07 Å². The van der Waals surface area contributed by atoms with Crippen molar-refractivity contribution in [2.75, 3.05) is 24.6 Å². The van der Waals surface area contributed by atoms with Gasteiger partial charge in [0.05, 0.1) is 16.8 Å². The molecule has 1 aromatic rings. The number of piperidine rings is 1.